The number of hydrogen-bond acceptors (Lipinski definition) is 5. The Hall–Kier alpha value is -0.920. The Morgan fingerprint density at radius 3 is 2.59 bits per heavy atom. The van der Waals surface area contributed by atoms with E-state index in [1.54, 1.807) is 0 Å². The highest BCUT2D eigenvalue weighted by molar-refractivity contribution is 7.91. The molecule has 2 fully saturated rings. The van der Waals surface area contributed by atoms with E-state index >= 15 is 0 Å². The van der Waals surface area contributed by atoms with E-state index in [0.29, 0.717) is 11.5 Å². The summed E-state index contributed by atoms with van der Waals surface area (Å²) in [5.41, 5.74) is 1.12. The first-order chi connectivity index (χ1) is 10.4. The van der Waals surface area contributed by atoms with Crippen molar-refractivity contribution >= 4 is 27.1 Å². The maximum atomic E-state index is 12.2. The van der Waals surface area contributed by atoms with Gasteiger partial charge in [0.15, 0.2) is 9.84 Å². The molecular weight excluding hydrogens is 320 g/mol. The first-order valence-electron chi connectivity index (χ1n) is 7.73. The summed E-state index contributed by atoms with van der Waals surface area (Å²) in [6.45, 7) is 3.73. The largest absolute Gasteiger partial charge is 0.349 e. The van der Waals surface area contributed by atoms with Gasteiger partial charge in [-0.05, 0) is 43.2 Å². The zero-order valence-corrected chi connectivity index (χ0v) is 14.4. The number of hydrogen-bond donors (Lipinski definition) is 1. The van der Waals surface area contributed by atoms with Crippen LogP contribution in [0.15, 0.2) is 11.4 Å². The minimum Gasteiger partial charge on any atom is -0.349 e. The fraction of sp³-hybridized carbons (Fsp3) is 0.667. The van der Waals surface area contributed by atoms with Gasteiger partial charge in [0.1, 0.15) is 0 Å². The smallest absolute Gasteiger partial charge is 0.261 e. The van der Waals surface area contributed by atoms with Crippen LogP contribution in [0.25, 0.3) is 0 Å². The number of carbonyl (C=O) groups excluding carboxylic acids is 1. The fourth-order valence-corrected chi connectivity index (χ4v) is 5.84. The number of nitrogens with zero attached hydrogens (tertiary/aromatic N) is 1. The summed E-state index contributed by atoms with van der Waals surface area (Å²) in [5.74, 6) is 0.643. The quantitative estimate of drug-likeness (QED) is 0.903. The van der Waals surface area contributed by atoms with Crippen molar-refractivity contribution in [2.24, 2.45) is 0 Å². The first kappa shape index (κ1) is 16.0. The van der Waals surface area contributed by atoms with Crippen LogP contribution in [0.1, 0.15) is 34.5 Å². The molecule has 0 radical (unpaired) electrons. The molecule has 1 aromatic rings. The van der Waals surface area contributed by atoms with E-state index < -0.39 is 9.84 Å². The Morgan fingerprint density at radius 2 is 2.05 bits per heavy atom. The van der Waals surface area contributed by atoms with E-state index in [2.05, 4.69) is 10.2 Å². The molecule has 2 aliphatic rings. The Morgan fingerprint density at radius 1 is 1.32 bits per heavy atom. The fourth-order valence-electron chi connectivity index (χ4n) is 3.28. The summed E-state index contributed by atoms with van der Waals surface area (Å²) in [6, 6.07) is 2.30. The van der Waals surface area contributed by atoms with Crippen molar-refractivity contribution in [3.63, 3.8) is 0 Å². The standard InChI is InChI=1S/C15H22N2O3S2/c1-11-8-14(21-9-11)15(18)16-12-2-5-17(6-3-12)13-4-7-22(19,20)10-13/h8-9,12-13H,2-7,10H2,1H3,(H,16,18)/t13-/m1/s1. The molecule has 0 spiro atoms. The van der Waals surface area contributed by atoms with Crippen LogP contribution < -0.4 is 5.32 Å². The Kier molecular flexibility index (Phi) is 4.56. The van der Waals surface area contributed by atoms with E-state index in [1.807, 2.05) is 18.4 Å². The van der Waals surface area contributed by atoms with Crippen molar-refractivity contribution in [1.82, 2.24) is 10.2 Å². The van der Waals surface area contributed by atoms with Crippen LogP contribution in [0.5, 0.6) is 0 Å². The molecule has 122 valence electrons. The van der Waals surface area contributed by atoms with Crippen molar-refractivity contribution in [3.8, 4) is 0 Å². The third kappa shape index (κ3) is 3.70. The van der Waals surface area contributed by atoms with Crippen molar-refractivity contribution < 1.29 is 13.2 Å². The zero-order valence-electron chi connectivity index (χ0n) is 12.7. The van der Waals surface area contributed by atoms with Gasteiger partial charge in [0.05, 0.1) is 16.4 Å². The minimum atomic E-state index is -2.82. The van der Waals surface area contributed by atoms with Gasteiger partial charge in [-0.25, -0.2) is 8.42 Å². The second kappa shape index (κ2) is 6.29. The summed E-state index contributed by atoms with van der Waals surface area (Å²) in [7, 11) is -2.82. The lowest BCUT2D eigenvalue weighted by Crippen LogP contribution is -2.48. The van der Waals surface area contributed by atoms with Gasteiger partial charge < -0.3 is 5.32 Å². The molecule has 1 N–H and O–H groups in total. The number of aryl methyl sites for hydroxylation is 1. The molecule has 3 rings (SSSR count). The average molecular weight is 342 g/mol. The molecule has 1 aromatic heterocycles. The summed E-state index contributed by atoms with van der Waals surface area (Å²) >= 11 is 1.48. The molecule has 0 saturated carbocycles. The molecule has 22 heavy (non-hydrogen) atoms. The molecule has 3 heterocycles. The molecule has 1 amide bonds. The van der Waals surface area contributed by atoms with Crippen LogP contribution in [0.3, 0.4) is 0 Å². The molecule has 0 aromatic carbocycles. The molecule has 5 nitrogen and oxygen atoms in total. The number of piperidine rings is 1. The Labute approximate surface area is 135 Å². The topological polar surface area (TPSA) is 66.5 Å². The van der Waals surface area contributed by atoms with E-state index in [9.17, 15) is 13.2 Å². The summed E-state index contributed by atoms with van der Waals surface area (Å²) in [4.78, 5) is 15.2. The number of carbonyl (C=O) groups is 1. The van der Waals surface area contributed by atoms with Crippen molar-refractivity contribution in [2.45, 2.75) is 38.3 Å². The maximum Gasteiger partial charge on any atom is 0.261 e. The van der Waals surface area contributed by atoms with Gasteiger partial charge in [-0.2, -0.15) is 0 Å². The highest BCUT2D eigenvalue weighted by Gasteiger charge is 2.34. The number of sulfone groups is 1. The van der Waals surface area contributed by atoms with Crippen LogP contribution in [0.4, 0.5) is 0 Å². The van der Waals surface area contributed by atoms with Crippen LogP contribution >= 0.6 is 11.3 Å². The predicted molar refractivity (Wildman–Crippen MR) is 88.2 cm³/mol. The lowest BCUT2D eigenvalue weighted by Gasteiger charge is -2.35. The first-order valence-corrected chi connectivity index (χ1v) is 10.4. The number of thiophene rings is 1. The summed E-state index contributed by atoms with van der Waals surface area (Å²) in [6.07, 6.45) is 2.55. The maximum absolute atomic E-state index is 12.2. The van der Waals surface area contributed by atoms with Crippen LogP contribution in [-0.2, 0) is 9.84 Å². The third-order valence-corrected chi connectivity index (χ3v) is 7.34. The van der Waals surface area contributed by atoms with Crippen LogP contribution in [0, 0.1) is 6.92 Å². The molecule has 0 bridgehead atoms. The molecule has 0 aliphatic carbocycles. The van der Waals surface area contributed by atoms with Crippen LogP contribution in [-0.4, -0.2) is 55.9 Å². The monoisotopic (exact) mass is 342 g/mol. The Balaban J connectivity index is 1.49. The second-order valence-corrected chi connectivity index (χ2v) is 9.47. The van der Waals surface area contributed by atoms with Gasteiger partial charge in [-0.1, -0.05) is 0 Å². The SMILES string of the molecule is Cc1csc(C(=O)NC2CCN([C@@H]3CCS(=O)(=O)C3)CC2)c1. The molecule has 2 aliphatic heterocycles. The number of nitrogens with one attached hydrogen (secondary N) is 1. The van der Waals surface area contributed by atoms with Gasteiger partial charge in [0, 0.05) is 25.2 Å². The summed E-state index contributed by atoms with van der Waals surface area (Å²) in [5, 5.41) is 5.09. The van der Waals surface area contributed by atoms with Gasteiger partial charge in [0.2, 0.25) is 0 Å². The second-order valence-electron chi connectivity index (χ2n) is 6.33. The normalized spacial score (nSPS) is 26.1. The molecule has 2 saturated heterocycles. The number of amides is 1. The highest BCUT2D eigenvalue weighted by Crippen LogP contribution is 2.22. The lowest BCUT2D eigenvalue weighted by molar-refractivity contribution is 0.0902. The Bertz CT molecular complexity index is 645. The van der Waals surface area contributed by atoms with E-state index in [4.69, 9.17) is 0 Å². The van der Waals surface area contributed by atoms with Gasteiger partial charge in [-0.3, -0.25) is 9.69 Å². The van der Waals surface area contributed by atoms with Gasteiger partial charge in [-0.15, -0.1) is 11.3 Å². The minimum absolute atomic E-state index is 0.0139. The molecule has 1 atom stereocenters. The summed E-state index contributed by atoms with van der Waals surface area (Å²) < 4.78 is 23.1. The van der Waals surface area contributed by atoms with Crippen molar-refractivity contribution in [2.75, 3.05) is 24.6 Å². The number of likely N-dealkylation sites (tertiary alicyclic amines) is 1. The van der Waals surface area contributed by atoms with E-state index in [-0.39, 0.29) is 18.0 Å². The molecule has 0 unspecified atom stereocenters. The van der Waals surface area contributed by atoms with Gasteiger partial charge >= 0.3 is 0 Å². The van der Waals surface area contributed by atoms with Crippen LogP contribution in [0.2, 0.25) is 0 Å². The van der Waals surface area contributed by atoms with E-state index in [1.165, 1.54) is 11.3 Å². The molecule has 7 heteroatoms. The third-order valence-electron chi connectivity index (χ3n) is 4.54. The molecular formula is C15H22N2O3S2. The van der Waals surface area contributed by atoms with Crippen molar-refractivity contribution in [1.29, 1.82) is 0 Å². The lowest BCUT2D eigenvalue weighted by atomic mass is 10.0. The van der Waals surface area contributed by atoms with Gasteiger partial charge in [0.25, 0.3) is 5.91 Å². The highest BCUT2D eigenvalue weighted by atomic mass is 32.2. The average Bonchev–Trinajstić information content (AvgIpc) is 3.05. The predicted octanol–water partition coefficient (Wildman–Crippen LogP) is 1.44. The zero-order chi connectivity index (χ0) is 15.7. The van der Waals surface area contributed by atoms with Crippen molar-refractivity contribution in [3.05, 3.63) is 21.9 Å². The number of rotatable bonds is 3. The van der Waals surface area contributed by atoms with E-state index in [0.717, 1.165) is 42.8 Å².